The molecule has 0 fully saturated rings. The zero-order chi connectivity index (χ0) is 14.2. The van der Waals surface area contributed by atoms with Crippen LogP contribution in [-0.4, -0.2) is 37.9 Å². The number of aromatic nitrogens is 2. The minimum atomic E-state index is -4.74. The Kier molecular flexibility index (Phi) is 3.36. The molecule has 1 unspecified atom stereocenters. The number of halogens is 3. The molecule has 1 N–H and O–H groups in total. The van der Waals surface area contributed by atoms with E-state index in [0.717, 1.165) is 0 Å². The van der Waals surface area contributed by atoms with Gasteiger partial charge in [0.1, 0.15) is 0 Å². The first kappa shape index (κ1) is 13.6. The standard InChI is InChI=1S/C10H6AsF3N2O3/c11-8-6(9(17)18)15-5(4-2-1-3-19-4)7(16-8)10(12,13)14/h1-3H,11H2,(H,17,18). The molecule has 0 aromatic carbocycles. The Morgan fingerprint density at radius 2 is 2.05 bits per heavy atom. The van der Waals surface area contributed by atoms with Crippen LogP contribution in [0.4, 0.5) is 13.2 Å². The number of carboxylic acid groups (broad SMARTS) is 1. The van der Waals surface area contributed by atoms with Crippen molar-refractivity contribution < 1.29 is 27.5 Å². The van der Waals surface area contributed by atoms with E-state index in [1.54, 1.807) is 0 Å². The van der Waals surface area contributed by atoms with Crippen molar-refractivity contribution in [2.24, 2.45) is 0 Å². The summed E-state index contributed by atoms with van der Waals surface area (Å²) < 4.78 is 43.2. The van der Waals surface area contributed by atoms with Gasteiger partial charge in [-0.1, -0.05) is 0 Å². The minimum absolute atomic E-state index is 0.185. The van der Waals surface area contributed by atoms with Gasteiger partial charge in [0.2, 0.25) is 0 Å². The van der Waals surface area contributed by atoms with E-state index in [2.05, 4.69) is 9.97 Å². The summed E-state index contributed by atoms with van der Waals surface area (Å²) in [6.45, 7) is 0. The number of hydrogen-bond donors (Lipinski definition) is 1. The summed E-state index contributed by atoms with van der Waals surface area (Å²) in [5.74, 6) is -1.62. The third kappa shape index (κ3) is 2.63. The number of carbonyl (C=O) groups is 1. The fourth-order valence-corrected chi connectivity index (χ4v) is 2.05. The number of furan rings is 1. The summed E-state index contributed by atoms with van der Waals surface area (Å²) in [4.78, 5) is 17.7. The van der Waals surface area contributed by atoms with Crippen LogP contribution in [-0.2, 0) is 6.18 Å². The van der Waals surface area contributed by atoms with Gasteiger partial charge in [-0.25, -0.2) is 0 Å². The summed E-state index contributed by atoms with van der Waals surface area (Å²) in [5, 5.41) is 8.88. The van der Waals surface area contributed by atoms with Crippen molar-refractivity contribution in [3.8, 4) is 11.5 Å². The van der Waals surface area contributed by atoms with E-state index in [-0.39, 0.29) is 10.2 Å². The van der Waals surface area contributed by atoms with Crippen molar-refractivity contribution in [1.82, 2.24) is 9.97 Å². The molecule has 0 aliphatic heterocycles. The van der Waals surface area contributed by atoms with Crippen LogP contribution >= 0.6 is 0 Å². The van der Waals surface area contributed by atoms with E-state index in [1.807, 2.05) is 0 Å². The molecule has 5 nitrogen and oxygen atoms in total. The Hall–Kier alpha value is -1.82. The van der Waals surface area contributed by atoms with E-state index in [4.69, 9.17) is 9.52 Å². The maximum atomic E-state index is 12.9. The maximum absolute atomic E-state index is 12.9. The van der Waals surface area contributed by atoms with Crippen LogP contribution in [0.2, 0.25) is 0 Å². The Morgan fingerprint density at radius 3 is 2.53 bits per heavy atom. The molecule has 100 valence electrons. The predicted octanol–water partition coefficient (Wildman–Crippen LogP) is 0.712. The molecule has 2 aromatic rings. The molecular weight excluding hydrogens is 328 g/mol. The normalized spacial score (nSPS) is 11.6. The van der Waals surface area contributed by atoms with Crippen LogP contribution in [0.1, 0.15) is 16.2 Å². The van der Waals surface area contributed by atoms with E-state index in [1.165, 1.54) is 18.4 Å². The summed E-state index contributed by atoms with van der Waals surface area (Å²) >= 11 is 0.650. The van der Waals surface area contributed by atoms with Crippen molar-refractivity contribution in [2.75, 3.05) is 0 Å². The Morgan fingerprint density at radius 1 is 1.37 bits per heavy atom. The molecule has 0 saturated heterocycles. The molecule has 0 bridgehead atoms. The van der Waals surface area contributed by atoms with Crippen molar-refractivity contribution in [3.63, 3.8) is 0 Å². The third-order valence-electron chi connectivity index (χ3n) is 2.15. The van der Waals surface area contributed by atoms with Gasteiger partial charge in [-0.15, -0.1) is 0 Å². The van der Waals surface area contributed by atoms with Crippen LogP contribution < -0.4 is 4.48 Å². The molecular formula is C10H6AsF3N2O3. The summed E-state index contributed by atoms with van der Waals surface area (Å²) in [5.41, 5.74) is -2.40. The molecule has 2 aromatic heterocycles. The Labute approximate surface area is 113 Å². The predicted molar refractivity (Wildman–Crippen MR) is 59.9 cm³/mol. The first-order valence-corrected chi connectivity index (χ1v) is 6.03. The quantitative estimate of drug-likeness (QED) is 0.819. The third-order valence-corrected chi connectivity index (χ3v) is 2.99. The molecule has 2 rings (SSSR count). The number of alkyl halides is 3. The van der Waals surface area contributed by atoms with E-state index in [0.29, 0.717) is 16.9 Å². The van der Waals surface area contributed by atoms with Gasteiger partial charge in [0.15, 0.2) is 0 Å². The molecule has 0 aliphatic carbocycles. The van der Waals surface area contributed by atoms with Crippen molar-refractivity contribution >= 4 is 27.3 Å². The zero-order valence-electron chi connectivity index (χ0n) is 9.10. The number of aromatic carboxylic acids is 1. The van der Waals surface area contributed by atoms with Crippen molar-refractivity contribution in [2.45, 2.75) is 6.18 Å². The van der Waals surface area contributed by atoms with E-state index < -0.39 is 29.2 Å². The second kappa shape index (κ2) is 4.69. The molecule has 2 heterocycles. The zero-order valence-corrected chi connectivity index (χ0v) is 11.5. The average Bonchev–Trinajstić information content (AvgIpc) is 2.80. The number of hydrogen-bond acceptors (Lipinski definition) is 4. The fraction of sp³-hybridized carbons (Fsp3) is 0.100. The molecule has 0 amide bonds. The molecule has 1 atom stereocenters. The Bertz CT molecular complexity index is 626. The summed E-state index contributed by atoms with van der Waals surface area (Å²) in [7, 11) is 0. The summed E-state index contributed by atoms with van der Waals surface area (Å²) in [6, 6.07) is 2.63. The van der Waals surface area contributed by atoms with Gasteiger partial charge in [0.05, 0.1) is 0 Å². The average molecular weight is 334 g/mol. The van der Waals surface area contributed by atoms with Gasteiger partial charge in [0, 0.05) is 0 Å². The number of carboxylic acids is 1. The first-order valence-electron chi connectivity index (χ1n) is 4.82. The second-order valence-electron chi connectivity index (χ2n) is 3.43. The van der Waals surface area contributed by atoms with Crippen molar-refractivity contribution in [3.05, 3.63) is 29.8 Å². The Balaban J connectivity index is 2.74. The fourth-order valence-electron chi connectivity index (χ4n) is 1.39. The molecule has 0 saturated carbocycles. The van der Waals surface area contributed by atoms with Gasteiger partial charge in [-0.05, 0) is 0 Å². The molecule has 19 heavy (non-hydrogen) atoms. The van der Waals surface area contributed by atoms with Gasteiger partial charge < -0.3 is 0 Å². The number of rotatable bonds is 2. The SMILES string of the molecule is O=C(O)c1nc(-c2ccco2)c(C(F)(F)F)nc1[AsH2]. The van der Waals surface area contributed by atoms with E-state index >= 15 is 0 Å². The van der Waals surface area contributed by atoms with Gasteiger partial charge in [-0.2, -0.15) is 0 Å². The second-order valence-corrected chi connectivity index (χ2v) is 4.58. The van der Waals surface area contributed by atoms with Crippen LogP contribution in [0.15, 0.2) is 22.8 Å². The molecule has 0 spiro atoms. The summed E-state index contributed by atoms with van der Waals surface area (Å²) in [6.07, 6.45) is -3.58. The molecule has 0 radical (unpaired) electrons. The monoisotopic (exact) mass is 334 g/mol. The van der Waals surface area contributed by atoms with Gasteiger partial charge >= 0.3 is 112 Å². The van der Waals surface area contributed by atoms with Crippen LogP contribution in [0.5, 0.6) is 0 Å². The van der Waals surface area contributed by atoms with Crippen LogP contribution in [0.25, 0.3) is 11.5 Å². The van der Waals surface area contributed by atoms with Gasteiger partial charge in [0.25, 0.3) is 0 Å². The topological polar surface area (TPSA) is 76.2 Å². The van der Waals surface area contributed by atoms with Crippen LogP contribution in [0.3, 0.4) is 0 Å². The van der Waals surface area contributed by atoms with Crippen molar-refractivity contribution in [1.29, 1.82) is 0 Å². The van der Waals surface area contributed by atoms with Crippen LogP contribution in [0, 0.1) is 0 Å². The molecule has 9 heteroatoms. The number of nitrogens with zero attached hydrogens (tertiary/aromatic N) is 2. The van der Waals surface area contributed by atoms with Gasteiger partial charge in [-0.3, -0.25) is 0 Å². The molecule has 0 aliphatic rings. The van der Waals surface area contributed by atoms with E-state index in [9.17, 15) is 18.0 Å². The first-order chi connectivity index (χ1) is 8.80.